The van der Waals surface area contributed by atoms with E-state index in [1.54, 1.807) is 0 Å². The number of fused-ring (bicyclic) bond motifs is 1. The Balaban J connectivity index is 2.00. The van der Waals surface area contributed by atoms with Gasteiger partial charge in [0.1, 0.15) is 12.4 Å². The molecule has 1 unspecified atom stereocenters. The highest BCUT2D eigenvalue weighted by Gasteiger charge is 2.10. The van der Waals surface area contributed by atoms with Crippen LogP contribution in [0.15, 0.2) is 18.2 Å². The van der Waals surface area contributed by atoms with Gasteiger partial charge in [0, 0.05) is 0 Å². The molecule has 3 heteroatoms. The minimum atomic E-state index is -0.295. The van der Waals surface area contributed by atoms with Crippen molar-refractivity contribution in [1.82, 2.24) is 0 Å². The monoisotopic (exact) mass is 221 g/mol. The molecule has 1 aromatic carbocycles. The lowest BCUT2D eigenvalue weighted by molar-refractivity contribution is 0.206. The average molecular weight is 221 g/mol. The number of rotatable bonds is 4. The molecule has 0 spiro atoms. The summed E-state index contributed by atoms with van der Waals surface area (Å²) < 4.78 is 5.54. The fraction of sp³-hybridized carbons (Fsp3) is 0.538. The first-order valence-electron chi connectivity index (χ1n) is 5.90. The molecule has 88 valence electrons. The fourth-order valence-corrected chi connectivity index (χ4v) is 2.06. The first kappa shape index (κ1) is 11.4. The average Bonchev–Trinajstić information content (AvgIpc) is 2.35. The van der Waals surface area contributed by atoms with Gasteiger partial charge in [0.05, 0.1) is 12.6 Å². The number of hydrogen-bond donors (Lipinski definition) is 2. The van der Waals surface area contributed by atoms with Crippen molar-refractivity contribution in [3.05, 3.63) is 29.3 Å². The molecule has 1 aliphatic rings. The molecule has 0 saturated heterocycles. The Morgan fingerprint density at radius 2 is 2.00 bits per heavy atom. The van der Waals surface area contributed by atoms with Crippen LogP contribution in [0.3, 0.4) is 0 Å². The summed E-state index contributed by atoms with van der Waals surface area (Å²) >= 11 is 0. The van der Waals surface area contributed by atoms with Crippen LogP contribution in [0.4, 0.5) is 0 Å². The summed E-state index contributed by atoms with van der Waals surface area (Å²) in [5.74, 6) is 0.865. The van der Waals surface area contributed by atoms with Crippen molar-refractivity contribution in [3.8, 4) is 5.75 Å². The van der Waals surface area contributed by atoms with E-state index < -0.39 is 0 Å². The Kier molecular flexibility index (Phi) is 3.80. The number of hydrogen-bond acceptors (Lipinski definition) is 3. The minimum absolute atomic E-state index is 0.0368. The topological polar surface area (TPSA) is 55.5 Å². The molecule has 0 heterocycles. The zero-order valence-electron chi connectivity index (χ0n) is 9.48. The second-order valence-electron chi connectivity index (χ2n) is 4.39. The maximum Gasteiger partial charge on any atom is 0.119 e. The van der Waals surface area contributed by atoms with Gasteiger partial charge in [0.15, 0.2) is 0 Å². The summed E-state index contributed by atoms with van der Waals surface area (Å²) in [6, 6.07) is 5.96. The lowest BCUT2D eigenvalue weighted by atomic mass is 9.92. The highest BCUT2D eigenvalue weighted by Crippen LogP contribution is 2.25. The molecule has 3 N–H and O–H groups in total. The summed E-state index contributed by atoms with van der Waals surface area (Å²) in [5, 5.41) is 8.80. The lowest BCUT2D eigenvalue weighted by Gasteiger charge is -2.17. The van der Waals surface area contributed by atoms with Gasteiger partial charge in [-0.1, -0.05) is 6.07 Å². The first-order valence-corrected chi connectivity index (χ1v) is 5.90. The van der Waals surface area contributed by atoms with E-state index in [0.717, 1.165) is 12.2 Å². The molecule has 3 nitrogen and oxygen atoms in total. The SMILES string of the molecule is NC(CO)COc1ccc2c(c1)CCCC2. The Morgan fingerprint density at radius 3 is 2.75 bits per heavy atom. The first-order chi connectivity index (χ1) is 7.79. The Bertz CT molecular complexity index is 352. The molecule has 0 aromatic heterocycles. The fourth-order valence-electron chi connectivity index (χ4n) is 2.06. The van der Waals surface area contributed by atoms with Crippen LogP contribution >= 0.6 is 0 Å². The molecule has 16 heavy (non-hydrogen) atoms. The third-order valence-electron chi connectivity index (χ3n) is 3.02. The van der Waals surface area contributed by atoms with Crippen molar-refractivity contribution >= 4 is 0 Å². The lowest BCUT2D eigenvalue weighted by Crippen LogP contribution is -2.31. The summed E-state index contributed by atoms with van der Waals surface area (Å²) in [5.41, 5.74) is 8.44. The minimum Gasteiger partial charge on any atom is -0.492 e. The van der Waals surface area contributed by atoms with E-state index in [9.17, 15) is 0 Å². The van der Waals surface area contributed by atoms with E-state index in [1.807, 2.05) is 6.07 Å². The van der Waals surface area contributed by atoms with Gasteiger partial charge in [-0.25, -0.2) is 0 Å². The highest BCUT2D eigenvalue weighted by molar-refractivity contribution is 5.37. The number of aryl methyl sites for hydroxylation is 2. The molecule has 0 aliphatic heterocycles. The molecule has 0 bridgehead atoms. The van der Waals surface area contributed by atoms with Crippen LogP contribution in [0.25, 0.3) is 0 Å². The highest BCUT2D eigenvalue weighted by atomic mass is 16.5. The Hall–Kier alpha value is -1.06. The van der Waals surface area contributed by atoms with Crippen LogP contribution in [-0.2, 0) is 12.8 Å². The van der Waals surface area contributed by atoms with Gasteiger partial charge < -0.3 is 15.6 Å². The van der Waals surface area contributed by atoms with Crippen molar-refractivity contribution in [1.29, 1.82) is 0 Å². The van der Waals surface area contributed by atoms with E-state index >= 15 is 0 Å². The van der Waals surface area contributed by atoms with Gasteiger partial charge in [0.2, 0.25) is 0 Å². The van der Waals surface area contributed by atoms with Crippen molar-refractivity contribution in [2.45, 2.75) is 31.7 Å². The van der Waals surface area contributed by atoms with Gasteiger partial charge in [-0.2, -0.15) is 0 Å². The number of benzene rings is 1. The molecule has 0 saturated carbocycles. The van der Waals surface area contributed by atoms with Crippen LogP contribution < -0.4 is 10.5 Å². The summed E-state index contributed by atoms with van der Waals surface area (Å²) in [7, 11) is 0. The largest absolute Gasteiger partial charge is 0.492 e. The molecule has 1 atom stereocenters. The number of aliphatic hydroxyl groups excluding tert-OH is 1. The van der Waals surface area contributed by atoms with E-state index in [2.05, 4.69) is 12.1 Å². The standard InChI is InChI=1S/C13H19NO2/c14-12(8-15)9-16-13-6-5-10-3-1-2-4-11(10)7-13/h5-7,12,15H,1-4,8-9,14H2. The Labute approximate surface area is 96.2 Å². The van der Waals surface area contributed by atoms with Crippen LogP contribution in [0, 0.1) is 0 Å². The molecule has 1 aromatic rings. The van der Waals surface area contributed by atoms with E-state index in [1.165, 1.54) is 30.4 Å². The van der Waals surface area contributed by atoms with Crippen LogP contribution in [-0.4, -0.2) is 24.4 Å². The van der Waals surface area contributed by atoms with Gasteiger partial charge in [-0.3, -0.25) is 0 Å². The molecule has 0 fully saturated rings. The van der Waals surface area contributed by atoms with Crippen LogP contribution in [0.1, 0.15) is 24.0 Å². The van der Waals surface area contributed by atoms with Crippen molar-refractivity contribution in [3.63, 3.8) is 0 Å². The molecular formula is C13H19NO2. The summed E-state index contributed by atoms with van der Waals surface area (Å²) in [6.07, 6.45) is 4.90. The summed E-state index contributed by atoms with van der Waals surface area (Å²) in [4.78, 5) is 0. The number of ether oxygens (including phenoxy) is 1. The van der Waals surface area contributed by atoms with Crippen molar-refractivity contribution in [2.75, 3.05) is 13.2 Å². The van der Waals surface area contributed by atoms with Gasteiger partial charge in [-0.15, -0.1) is 0 Å². The van der Waals surface area contributed by atoms with E-state index in [-0.39, 0.29) is 12.6 Å². The predicted octanol–water partition coefficient (Wildman–Crippen LogP) is 1.26. The van der Waals surface area contributed by atoms with Crippen LogP contribution in [0.5, 0.6) is 5.75 Å². The van der Waals surface area contributed by atoms with Crippen LogP contribution in [0.2, 0.25) is 0 Å². The summed E-state index contributed by atoms with van der Waals surface area (Å²) in [6.45, 7) is 0.334. The predicted molar refractivity (Wildman–Crippen MR) is 63.6 cm³/mol. The second kappa shape index (κ2) is 5.32. The van der Waals surface area contributed by atoms with Crippen molar-refractivity contribution in [2.24, 2.45) is 5.73 Å². The molecule has 0 radical (unpaired) electrons. The molecule has 0 amide bonds. The Morgan fingerprint density at radius 1 is 1.25 bits per heavy atom. The van der Waals surface area contributed by atoms with Gasteiger partial charge in [0.25, 0.3) is 0 Å². The molecule has 2 rings (SSSR count). The second-order valence-corrected chi connectivity index (χ2v) is 4.39. The maximum atomic E-state index is 8.80. The number of aliphatic hydroxyl groups is 1. The maximum absolute atomic E-state index is 8.80. The molecular weight excluding hydrogens is 202 g/mol. The molecule has 1 aliphatic carbocycles. The van der Waals surface area contributed by atoms with Gasteiger partial charge >= 0.3 is 0 Å². The third-order valence-corrected chi connectivity index (χ3v) is 3.02. The van der Waals surface area contributed by atoms with E-state index in [0.29, 0.717) is 6.61 Å². The van der Waals surface area contributed by atoms with Crippen molar-refractivity contribution < 1.29 is 9.84 Å². The number of nitrogens with two attached hydrogens (primary N) is 1. The van der Waals surface area contributed by atoms with Gasteiger partial charge in [-0.05, 0) is 48.9 Å². The zero-order valence-corrected chi connectivity index (χ0v) is 9.48. The van der Waals surface area contributed by atoms with E-state index in [4.69, 9.17) is 15.6 Å². The quantitative estimate of drug-likeness (QED) is 0.805. The normalized spacial score (nSPS) is 16.6. The zero-order chi connectivity index (χ0) is 11.4. The third kappa shape index (κ3) is 2.74. The smallest absolute Gasteiger partial charge is 0.119 e.